The number of para-hydroxylation sites is 1. The first-order chi connectivity index (χ1) is 11.5. The van der Waals surface area contributed by atoms with Crippen LogP contribution in [0.1, 0.15) is 45.1 Å². The first-order valence-corrected chi connectivity index (χ1v) is 9.23. The summed E-state index contributed by atoms with van der Waals surface area (Å²) in [5, 5.41) is 3.54. The molecule has 1 aromatic carbocycles. The molecule has 1 amide bonds. The number of amides is 1. The number of hydrogen-bond acceptors (Lipinski definition) is 3. The minimum Gasteiger partial charge on any atom is -0.331 e. The molecule has 1 heterocycles. The van der Waals surface area contributed by atoms with Crippen LogP contribution in [-0.4, -0.2) is 11.0 Å². The Morgan fingerprint density at radius 1 is 1.12 bits per heavy atom. The molecule has 2 rings (SSSR count). The molecule has 0 aliphatic rings. The molecule has 2 aromatic rings. The summed E-state index contributed by atoms with van der Waals surface area (Å²) in [7, 11) is 0. The largest absolute Gasteiger partial charge is 0.331 e. The number of carbonyl (C=O) groups is 1. The lowest BCUT2D eigenvalue weighted by molar-refractivity contribution is 0.0948. The number of hydrogen-bond donors (Lipinski definition) is 3. The number of rotatable bonds is 4. The third kappa shape index (κ3) is 4.33. The molecule has 0 unspecified atom stereocenters. The minimum absolute atomic E-state index is 0.174. The van der Waals surface area contributed by atoms with E-state index in [1.807, 2.05) is 32.0 Å². The lowest BCUT2D eigenvalue weighted by Gasteiger charge is -2.16. The Labute approximate surface area is 152 Å². The van der Waals surface area contributed by atoms with E-state index in [2.05, 4.69) is 36.1 Å². The molecule has 0 saturated heterocycles. The molecule has 0 radical (unpaired) electrons. The van der Waals surface area contributed by atoms with Gasteiger partial charge in [-0.3, -0.25) is 15.6 Å². The van der Waals surface area contributed by atoms with Crippen molar-refractivity contribution < 1.29 is 4.79 Å². The molecule has 6 heteroatoms. The number of anilines is 1. The highest BCUT2D eigenvalue weighted by molar-refractivity contribution is 7.80. The number of thiophene rings is 1. The summed E-state index contributed by atoms with van der Waals surface area (Å²) in [6, 6.07) is 8.04. The van der Waals surface area contributed by atoms with Crippen LogP contribution < -0.4 is 16.2 Å². The molecule has 0 bridgehead atoms. The molecule has 0 aliphatic carbocycles. The fraction of sp³-hybridized carbons (Fsp3) is 0.333. The number of nitrogens with one attached hydrogen (secondary N) is 3. The molecule has 3 N–H and O–H groups in total. The first-order valence-electron chi connectivity index (χ1n) is 8.01. The van der Waals surface area contributed by atoms with E-state index in [0.717, 1.165) is 29.7 Å². The van der Waals surface area contributed by atoms with Gasteiger partial charge >= 0.3 is 0 Å². The zero-order chi connectivity index (χ0) is 17.7. The second-order valence-corrected chi connectivity index (χ2v) is 7.11. The number of aryl methyl sites for hydroxylation is 4. The van der Waals surface area contributed by atoms with Crippen LogP contribution in [0.25, 0.3) is 0 Å². The summed E-state index contributed by atoms with van der Waals surface area (Å²) in [5.41, 5.74) is 9.89. The topological polar surface area (TPSA) is 53.2 Å². The Bertz CT molecular complexity index is 753. The van der Waals surface area contributed by atoms with E-state index >= 15 is 0 Å². The Morgan fingerprint density at radius 3 is 2.50 bits per heavy atom. The molecule has 128 valence electrons. The first kappa shape index (κ1) is 18.4. The van der Waals surface area contributed by atoms with Crippen molar-refractivity contribution in [2.75, 3.05) is 5.32 Å². The predicted molar refractivity (Wildman–Crippen MR) is 106 cm³/mol. The van der Waals surface area contributed by atoms with Gasteiger partial charge in [0.2, 0.25) is 0 Å². The van der Waals surface area contributed by atoms with Crippen LogP contribution in [0.5, 0.6) is 0 Å². The fourth-order valence-corrected chi connectivity index (χ4v) is 3.67. The number of carbonyl (C=O) groups excluding carboxylic acids is 1. The molecule has 0 aliphatic heterocycles. The number of benzene rings is 1. The number of hydrazine groups is 1. The van der Waals surface area contributed by atoms with Crippen molar-refractivity contribution in [3.05, 3.63) is 50.7 Å². The van der Waals surface area contributed by atoms with Crippen LogP contribution in [0.4, 0.5) is 5.69 Å². The molecule has 0 fully saturated rings. The SMILES string of the molecule is CCc1cccc(C)c1NC(=S)NNC(=O)c1cc(C)c(CC)s1. The average molecular weight is 362 g/mol. The van der Waals surface area contributed by atoms with Crippen molar-refractivity contribution in [2.45, 2.75) is 40.5 Å². The second-order valence-electron chi connectivity index (χ2n) is 5.57. The Balaban J connectivity index is 1.97. The Morgan fingerprint density at radius 2 is 1.88 bits per heavy atom. The maximum absolute atomic E-state index is 12.2. The minimum atomic E-state index is -0.174. The van der Waals surface area contributed by atoms with Gasteiger partial charge in [0, 0.05) is 10.6 Å². The van der Waals surface area contributed by atoms with Crippen LogP contribution in [-0.2, 0) is 12.8 Å². The average Bonchev–Trinajstić information content (AvgIpc) is 2.95. The highest BCUT2D eigenvalue weighted by Crippen LogP contribution is 2.22. The molecule has 1 aromatic heterocycles. The molecular weight excluding hydrogens is 338 g/mol. The fourth-order valence-electron chi connectivity index (χ4n) is 2.50. The summed E-state index contributed by atoms with van der Waals surface area (Å²) < 4.78 is 0. The van der Waals surface area contributed by atoms with Gasteiger partial charge in [-0.15, -0.1) is 11.3 Å². The third-order valence-corrected chi connectivity index (χ3v) is 5.42. The Kier molecular flexibility index (Phi) is 6.34. The van der Waals surface area contributed by atoms with Crippen molar-refractivity contribution in [2.24, 2.45) is 0 Å². The second kappa shape index (κ2) is 8.26. The maximum Gasteiger partial charge on any atom is 0.279 e. The van der Waals surface area contributed by atoms with E-state index in [4.69, 9.17) is 12.2 Å². The van der Waals surface area contributed by atoms with Crippen molar-refractivity contribution in [1.29, 1.82) is 0 Å². The van der Waals surface area contributed by atoms with Gasteiger partial charge in [0.25, 0.3) is 5.91 Å². The van der Waals surface area contributed by atoms with Gasteiger partial charge in [-0.25, -0.2) is 0 Å². The van der Waals surface area contributed by atoms with Crippen molar-refractivity contribution in [3.63, 3.8) is 0 Å². The van der Waals surface area contributed by atoms with E-state index < -0.39 is 0 Å². The smallest absolute Gasteiger partial charge is 0.279 e. The standard InChI is InChI=1S/C18H23N3OS2/c1-5-13-9-7-8-11(3)16(13)19-18(23)21-20-17(22)15-10-12(4)14(6-2)24-15/h7-10H,5-6H2,1-4H3,(H,20,22)(H2,19,21,23). The summed E-state index contributed by atoms with van der Waals surface area (Å²) in [6.45, 7) is 8.24. The van der Waals surface area contributed by atoms with Gasteiger partial charge in [0.15, 0.2) is 5.11 Å². The molecule has 0 saturated carbocycles. The monoisotopic (exact) mass is 361 g/mol. The third-order valence-electron chi connectivity index (χ3n) is 3.83. The quantitative estimate of drug-likeness (QED) is 0.566. The van der Waals surface area contributed by atoms with Crippen LogP contribution >= 0.6 is 23.6 Å². The van der Waals surface area contributed by atoms with Gasteiger partial charge in [0.05, 0.1) is 4.88 Å². The molecule has 24 heavy (non-hydrogen) atoms. The zero-order valence-electron chi connectivity index (χ0n) is 14.4. The molecule has 0 atom stereocenters. The number of thiocarbonyl (C=S) groups is 1. The zero-order valence-corrected chi connectivity index (χ0v) is 16.1. The summed E-state index contributed by atoms with van der Waals surface area (Å²) in [5.74, 6) is -0.174. The normalized spacial score (nSPS) is 10.3. The van der Waals surface area contributed by atoms with Gasteiger partial charge < -0.3 is 5.32 Å². The Hall–Kier alpha value is -1.92. The van der Waals surface area contributed by atoms with Crippen molar-refractivity contribution in [1.82, 2.24) is 10.9 Å². The van der Waals surface area contributed by atoms with Crippen LogP contribution in [0, 0.1) is 13.8 Å². The highest BCUT2D eigenvalue weighted by Gasteiger charge is 2.12. The summed E-state index contributed by atoms with van der Waals surface area (Å²) in [6.07, 6.45) is 1.84. The molecular formula is C18H23N3OS2. The summed E-state index contributed by atoms with van der Waals surface area (Å²) in [4.78, 5) is 14.1. The predicted octanol–water partition coefficient (Wildman–Crippen LogP) is 4.12. The lowest BCUT2D eigenvalue weighted by atomic mass is 10.1. The van der Waals surface area contributed by atoms with Crippen LogP contribution in [0.15, 0.2) is 24.3 Å². The highest BCUT2D eigenvalue weighted by atomic mass is 32.1. The summed E-state index contributed by atoms with van der Waals surface area (Å²) >= 11 is 6.81. The van der Waals surface area contributed by atoms with E-state index in [1.54, 1.807) is 0 Å². The van der Waals surface area contributed by atoms with Gasteiger partial charge in [0.1, 0.15) is 0 Å². The van der Waals surface area contributed by atoms with Crippen LogP contribution in [0.3, 0.4) is 0 Å². The van der Waals surface area contributed by atoms with Crippen LogP contribution in [0.2, 0.25) is 0 Å². The molecule has 0 spiro atoms. The van der Waals surface area contributed by atoms with E-state index in [1.165, 1.54) is 21.8 Å². The van der Waals surface area contributed by atoms with E-state index in [-0.39, 0.29) is 5.91 Å². The van der Waals surface area contributed by atoms with Gasteiger partial charge in [-0.2, -0.15) is 0 Å². The van der Waals surface area contributed by atoms with Gasteiger partial charge in [-0.1, -0.05) is 32.0 Å². The lowest BCUT2D eigenvalue weighted by Crippen LogP contribution is -2.43. The molecule has 4 nitrogen and oxygen atoms in total. The van der Waals surface area contributed by atoms with Crippen molar-refractivity contribution in [3.8, 4) is 0 Å². The van der Waals surface area contributed by atoms with Crippen molar-refractivity contribution >= 4 is 40.3 Å². The van der Waals surface area contributed by atoms with E-state index in [9.17, 15) is 4.79 Å². The maximum atomic E-state index is 12.2. The van der Waals surface area contributed by atoms with Gasteiger partial charge in [-0.05, 0) is 61.7 Å². The van der Waals surface area contributed by atoms with E-state index in [0.29, 0.717) is 9.99 Å².